The van der Waals surface area contributed by atoms with E-state index < -0.39 is 0 Å². The molecule has 1 aromatic heterocycles. The van der Waals surface area contributed by atoms with E-state index in [1.807, 2.05) is 6.20 Å². The van der Waals surface area contributed by atoms with E-state index in [0.29, 0.717) is 6.04 Å². The minimum Gasteiger partial charge on any atom is -0.300 e. The zero-order valence-corrected chi connectivity index (χ0v) is 10.4. The Hall–Kier alpha value is -0.890. The number of nitrogens with zero attached hydrogens (tertiary/aromatic N) is 2. The van der Waals surface area contributed by atoms with Crippen LogP contribution in [-0.4, -0.2) is 29.0 Å². The number of fused-ring (bicyclic) bond motifs is 1. The Kier molecular flexibility index (Phi) is 2.28. The first-order valence-corrected chi connectivity index (χ1v) is 6.33. The SMILES string of the molecule is Cc1cc(C2C3CN(C(C)C)CC32)ccn1. The van der Waals surface area contributed by atoms with Gasteiger partial charge in [-0.3, -0.25) is 4.98 Å². The molecule has 2 heterocycles. The lowest BCUT2D eigenvalue weighted by Gasteiger charge is -2.23. The van der Waals surface area contributed by atoms with Crippen molar-refractivity contribution in [2.24, 2.45) is 11.8 Å². The lowest BCUT2D eigenvalue weighted by Crippen LogP contribution is -2.30. The molecule has 2 fully saturated rings. The van der Waals surface area contributed by atoms with Crippen LogP contribution in [0.15, 0.2) is 18.3 Å². The van der Waals surface area contributed by atoms with Crippen LogP contribution in [0.1, 0.15) is 31.0 Å². The Labute approximate surface area is 97.7 Å². The van der Waals surface area contributed by atoms with Gasteiger partial charge in [-0.1, -0.05) is 0 Å². The van der Waals surface area contributed by atoms with Crippen LogP contribution in [0.3, 0.4) is 0 Å². The molecule has 1 saturated heterocycles. The summed E-state index contributed by atoms with van der Waals surface area (Å²) >= 11 is 0. The fraction of sp³-hybridized carbons (Fsp3) is 0.643. The van der Waals surface area contributed by atoms with Crippen molar-refractivity contribution in [2.75, 3.05) is 13.1 Å². The molecule has 2 heteroatoms. The van der Waals surface area contributed by atoms with Crippen molar-refractivity contribution in [3.63, 3.8) is 0 Å². The monoisotopic (exact) mass is 216 g/mol. The second-order valence-electron chi connectivity index (χ2n) is 5.63. The number of piperidine rings is 1. The molecule has 0 spiro atoms. The van der Waals surface area contributed by atoms with Gasteiger partial charge in [-0.15, -0.1) is 0 Å². The van der Waals surface area contributed by atoms with E-state index in [4.69, 9.17) is 0 Å². The molecule has 1 saturated carbocycles. The highest BCUT2D eigenvalue weighted by Gasteiger charge is 2.56. The van der Waals surface area contributed by atoms with Crippen LogP contribution in [0.4, 0.5) is 0 Å². The molecule has 1 aliphatic carbocycles. The second-order valence-corrected chi connectivity index (χ2v) is 5.63. The average molecular weight is 216 g/mol. The maximum atomic E-state index is 4.28. The second kappa shape index (κ2) is 3.56. The van der Waals surface area contributed by atoms with Crippen molar-refractivity contribution in [1.82, 2.24) is 9.88 Å². The van der Waals surface area contributed by atoms with Gasteiger partial charge in [0.2, 0.25) is 0 Å². The van der Waals surface area contributed by atoms with Crippen molar-refractivity contribution >= 4 is 0 Å². The minimum absolute atomic E-state index is 0.715. The molecule has 16 heavy (non-hydrogen) atoms. The maximum absolute atomic E-state index is 4.28. The van der Waals surface area contributed by atoms with E-state index in [1.165, 1.54) is 18.7 Å². The van der Waals surface area contributed by atoms with Crippen molar-refractivity contribution < 1.29 is 0 Å². The number of aryl methyl sites for hydroxylation is 1. The number of hydrogen-bond donors (Lipinski definition) is 0. The van der Waals surface area contributed by atoms with E-state index in [9.17, 15) is 0 Å². The summed E-state index contributed by atoms with van der Waals surface area (Å²) in [5.74, 6) is 2.67. The van der Waals surface area contributed by atoms with Crippen LogP contribution < -0.4 is 0 Å². The van der Waals surface area contributed by atoms with E-state index in [-0.39, 0.29) is 0 Å². The topological polar surface area (TPSA) is 16.1 Å². The summed E-state index contributed by atoms with van der Waals surface area (Å²) < 4.78 is 0. The molecule has 0 aromatic carbocycles. The van der Waals surface area contributed by atoms with Gasteiger partial charge >= 0.3 is 0 Å². The molecule has 1 aliphatic heterocycles. The van der Waals surface area contributed by atoms with Gasteiger partial charge in [0.15, 0.2) is 0 Å². The van der Waals surface area contributed by atoms with E-state index >= 15 is 0 Å². The summed E-state index contributed by atoms with van der Waals surface area (Å²) in [6, 6.07) is 5.19. The Bertz CT molecular complexity index is 387. The van der Waals surface area contributed by atoms with Crippen molar-refractivity contribution in [1.29, 1.82) is 0 Å². The third-order valence-corrected chi connectivity index (χ3v) is 4.26. The van der Waals surface area contributed by atoms with Gasteiger partial charge in [-0.2, -0.15) is 0 Å². The summed E-state index contributed by atoms with van der Waals surface area (Å²) in [4.78, 5) is 6.89. The zero-order chi connectivity index (χ0) is 11.3. The Balaban J connectivity index is 1.71. The Morgan fingerprint density at radius 2 is 2.00 bits per heavy atom. The number of aromatic nitrogens is 1. The fourth-order valence-electron chi connectivity index (χ4n) is 3.25. The van der Waals surface area contributed by atoms with Gasteiger partial charge in [-0.25, -0.2) is 0 Å². The van der Waals surface area contributed by atoms with Gasteiger partial charge < -0.3 is 4.90 Å². The fourth-order valence-corrected chi connectivity index (χ4v) is 3.25. The van der Waals surface area contributed by atoms with Crippen LogP contribution in [-0.2, 0) is 0 Å². The molecule has 2 unspecified atom stereocenters. The smallest absolute Gasteiger partial charge is 0.0375 e. The molecule has 0 bridgehead atoms. The maximum Gasteiger partial charge on any atom is 0.0375 e. The molecule has 0 amide bonds. The summed E-state index contributed by atoms with van der Waals surface area (Å²) in [5.41, 5.74) is 2.68. The zero-order valence-electron chi connectivity index (χ0n) is 10.4. The van der Waals surface area contributed by atoms with Gasteiger partial charge in [-0.05, 0) is 56.2 Å². The largest absolute Gasteiger partial charge is 0.300 e. The van der Waals surface area contributed by atoms with E-state index in [1.54, 1.807) is 0 Å². The molecule has 0 radical (unpaired) electrons. The van der Waals surface area contributed by atoms with Crippen LogP contribution in [0.25, 0.3) is 0 Å². The normalized spacial score (nSPS) is 33.1. The van der Waals surface area contributed by atoms with Crippen LogP contribution in [0, 0.1) is 18.8 Å². The Morgan fingerprint density at radius 3 is 2.56 bits per heavy atom. The third-order valence-electron chi connectivity index (χ3n) is 4.26. The molecule has 2 aliphatic rings. The van der Waals surface area contributed by atoms with Gasteiger partial charge in [0.25, 0.3) is 0 Å². The van der Waals surface area contributed by atoms with Crippen molar-refractivity contribution in [3.05, 3.63) is 29.6 Å². The van der Waals surface area contributed by atoms with Gasteiger partial charge in [0, 0.05) is 31.0 Å². The standard InChI is InChI=1S/C14H20N2/c1-9(2)16-7-12-13(8-16)14(12)11-4-5-15-10(3)6-11/h4-6,9,12-14H,7-8H2,1-3H3. The number of likely N-dealkylation sites (tertiary alicyclic amines) is 1. The Morgan fingerprint density at radius 1 is 1.31 bits per heavy atom. The van der Waals surface area contributed by atoms with E-state index in [2.05, 4.69) is 42.8 Å². The minimum atomic E-state index is 0.715. The first-order valence-electron chi connectivity index (χ1n) is 6.33. The highest BCUT2D eigenvalue weighted by atomic mass is 15.2. The molecule has 0 N–H and O–H groups in total. The lowest BCUT2D eigenvalue weighted by atomic mass is 10.1. The molecule has 2 atom stereocenters. The molecule has 2 nitrogen and oxygen atoms in total. The van der Waals surface area contributed by atoms with Crippen LogP contribution >= 0.6 is 0 Å². The highest BCUT2D eigenvalue weighted by Crippen LogP contribution is 2.58. The summed E-state index contributed by atoms with van der Waals surface area (Å²) in [7, 11) is 0. The number of pyridine rings is 1. The summed E-state index contributed by atoms with van der Waals surface area (Å²) in [6.07, 6.45) is 1.96. The highest BCUT2D eigenvalue weighted by molar-refractivity contribution is 5.30. The number of rotatable bonds is 2. The van der Waals surface area contributed by atoms with Gasteiger partial charge in [0.1, 0.15) is 0 Å². The third kappa shape index (κ3) is 1.56. The predicted molar refractivity (Wildman–Crippen MR) is 65.4 cm³/mol. The number of hydrogen-bond acceptors (Lipinski definition) is 2. The lowest BCUT2D eigenvalue weighted by molar-refractivity contribution is 0.243. The molecular formula is C14H20N2. The first kappa shape index (κ1) is 10.3. The molecular weight excluding hydrogens is 196 g/mol. The van der Waals surface area contributed by atoms with Crippen LogP contribution in [0.5, 0.6) is 0 Å². The summed E-state index contributed by atoms with van der Waals surface area (Å²) in [5, 5.41) is 0. The van der Waals surface area contributed by atoms with E-state index in [0.717, 1.165) is 23.4 Å². The quantitative estimate of drug-likeness (QED) is 0.755. The molecule has 1 aromatic rings. The first-order chi connectivity index (χ1) is 7.66. The van der Waals surface area contributed by atoms with Crippen LogP contribution in [0.2, 0.25) is 0 Å². The van der Waals surface area contributed by atoms with Crippen molar-refractivity contribution in [2.45, 2.75) is 32.7 Å². The van der Waals surface area contributed by atoms with Crippen molar-refractivity contribution in [3.8, 4) is 0 Å². The van der Waals surface area contributed by atoms with Gasteiger partial charge in [0.05, 0.1) is 0 Å². The molecule has 3 rings (SSSR count). The molecule has 86 valence electrons. The average Bonchev–Trinajstić information content (AvgIpc) is 2.73. The summed E-state index contributed by atoms with van der Waals surface area (Å²) in [6.45, 7) is 9.29. The predicted octanol–water partition coefficient (Wildman–Crippen LogP) is 2.44.